The van der Waals surface area contributed by atoms with E-state index in [0.717, 1.165) is 11.3 Å². The highest BCUT2D eigenvalue weighted by Gasteiger charge is 2.33. The van der Waals surface area contributed by atoms with Crippen molar-refractivity contribution in [1.82, 2.24) is 4.90 Å². The fourth-order valence-corrected chi connectivity index (χ4v) is 3.87. The zero-order valence-electron chi connectivity index (χ0n) is 15.5. The van der Waals surface area contributed by atoms with Gasteiger partial charge in [0.2, 0.25) is 0 Å². The Bertz CT molecular complexity index is 894. The maximum Gasteiger partial charge on any atom is 0.266 e. The molecule has 1 aliphatic heterocycles. The van der Waals surface area contributed by atoms with Gasteiger partial charge in [-0.3, -0.25) is 9.69 Å². The number of thioether (sulfide) groups is 1. The second-order valence-electron chi connectivity index (χ2n) is 6.54. The molecule has 0 atom stereocenters. The van der Waals surface area contributed by atoms with Gasteiger partial charge in [0.25, 0.3) is 5.91 Å². The molecule has 2 aromatic carbocycles. The first-order valence-electron chi connectivity index (χ1n) is 8.66. The van der Waals surface area contributed by atoms with Crippen LogP contribution in [0.3, 0.4) is 0 Å². The summed E-state index contributed by atoms with van der Waals surface area (Å²) < 4.78 is 5.39. The molecule has 0 saturated carbocycles. The lowest BCUT2D eigenvalue weighted by Gasteiger charge is -2.17. The second kappa shape index (κ2) is 8.63. The van der Waals surface area contributed by atoms with Crippen molar-refractivity contribution in [3.63, 3.8) is 0 Å². The molecule has 1 saturated heterocycles. The summed E-state index contributed by atoms with van der Waals surface area (Å²) in [7, 11) is 1.60. The monoisotopic (exact) mass is 400 g/mol. The standard InChI is InChI=1S/C21H21ClN2O2S/c1-14(2)13-24-20(25)19(12-15-11-16(22)9-10-18(15)26-3)27-21(24)23-17-7-5-4-6-8-17/h4-12,14H,13H2,1-3H3/b19-12+,23-21?. The van der Waals surface area contributed by atoms with E-state index in [-0.39, 0.29) is 5.91 Å². The largest absolute Gasteiger partial charge is 0.496 e. The lowest BCUT2D eigenvalue weighted by molar-refractivity contribution is -0.122. The van der Waals surface area contributed by atoms with Gasteiger partial charge in [-0.25, -0.2) is 4.99 Å². The summed E-state index contributed by atoms with van der Waals surface area (Å²) in [5.74, 6) is 0.949. The molecule has 4 nitrogen and oxygen atoms in total. The predicted molar refractivity (Wildman–Crippen MR) is 114 cm³/mol. The van der Waals surface area contributed by atoms with Crippen LogP contribution < -0.4 is 4.74 Å². The number of hydrogen-bond acceptors (Lipinski definition) is 4. The van der Waals surface area contributed by atoms with Gasteiger partial charge in [-0.1, -0.05) is 43.6 Å². The predicted octanol–water partition coefficient (Wildman–Crippen LogP) is 5.61. The van der Waals surface area contributed by atoms with Crippen molar-refractivity contribution in [3.05, 3.63) is 64.0 Å². The molecule has 2 aromatic rings. The average Bonchev–Trinajstić information content (AvgIpc) is 2.91. The number of hydrogen-bond donors (Lipinski definition) is 0. The van der Waals surface area contributed by atoms with E-state index in [9.17, 15) is 4.79 Å². The minimum atomic E-state index is -0.0505. The number of carbonyl (C=O) groups excluding carboxylic acids is 1. The van der Waals surface area contributed by atoms with E-state index in [4.69, 9.17) is 16.3 Å². The van der Waals surface area contributed by atoms with Gasteiger partial charge < -0.3 is 4.74 Å². The van der Waals surface area contributed by atoms with Crippen LogP contribution in [0.25, 0.3) is 6.08 Å². The van der Waals surface area contributed by atoms with Crippen LogP contribution in [-0.2, 0) is 4.79 Å². The second-order valence-corrected chi connectivity index (χ2v) is 7.98. The molecule has 6 heteroatoms. The minimum absolute atomic E-state index is 0.0505. The molecular weight excluding hydrogens is 380 g/mol. The number of rotatable bonds is 5. The van der Waals surface area contributed by atoms with Crippen LogP contribution in [0.5, 0.6) is 5.75 Å². The number of nitrogens with zero attached hydrogens (tertiary/aromatic N) is 2. The van der Waals surface area contributed by atoms with Gasteiger partial charge in [0.05, 0.1) is 17.7 Å². The number of benzene rings is 2. The third-order valence-electron chi connectivity index (χ3n) is 3.90. The molecule has 0 bridgehead atoms. The van der Waals surface area contributed by atoms with Crippen LogP contribution in [0.15, 0.2) is 58.4 Å². The van der Waals surface area contributed by atoms with Gasteiger partial charge in [-0.2, -0.15) is 0 Å². The summed E-state index contributed by atoms with van der Waals surface area (Å²) >= 11 is 7.49. The number of amidine groups is 1. The highest BCUT2D eigenvalue weighted by atomic mass is 35.5. The minimum Gasteiger partial charge on any atom is -0.496 e. The zero-order chi connectivity index (χ0) is 19.4. The smallest absolute Gasteiger partial charge is 0.266 e. The number of methoxy groups -OCH3 is 1. The van der Waals surface area contributed by atoms with E-state index in [2.05, 4.69) is 18.8 Å². The van der Waals surface area contributed by atoms with Gasteiger partial charge in [-0.15, -0.1) is 0 Å². The van der Waals surface area contributed by atoms with Crippen LogP contribution in [-0.4, -0.2) is 29.6 Å². The van der Waals surface area contributed by atoms with Crippen molar-refractivity contribution in [2.75, 3.05) is 13.7 Å². The number of carbonyl (C=O) groups is 1. The van der Waals surface area contributed by atoms with Crippen LogP contribution >= 0.6 is 23.4 Å². The van der Waals surface area contributed by atoms with Gasteiger partial charge in [0.1, 0.15) is 5.75 Å². The Morgan fingerprint density at radius 3 is 2.63 bits per heavy atom. The Kier molecular flexibility index (Phi) is 6.24. The number of amides is 1. The van der Waals surface area contributed by atoms with Crippen LogP contribution in [0.1, 0.15) is 19.4 Å². The van der Waals surface area contributed by atoms with Gasteiger partial charge >= 0.3 is 0 Å². The van der Waals surface area contributed by atoms with E-state index >= 15 is 0 Å². The summed E-state index contributed by atoms with van der Waals surface area (Å²) in [6.45, 7) is 4.78. The summed E-state index contributed by atoms with van der Waals surface area (Å²) in [5, 5.41) is 1.28. The lowest BCUT2D eigenvalue weighted by Crippen LogP contribution is -2.32. The molecule has 0 N–H and O–H groups in total. The van der Waals surface area contributed by atoms with Crippen molar-refractivity contribution in [2.45, 2.75) is 13.8 Å². The van der Waals surface area contributed by atoms with Crippen LogP contribution in [0, 0.1) is 5.92 Å². The molecule has 1 amide bonds. The first-order valence-corrected chi connectivity index (χ1v) is 9.86. The Morgan fingerprint density at radius 2 is 1.96 bits per heavy atom. The summed E-state index contributed by atoms with van der Waals surface area (Å²) in [6, 6.07) is 15.0. The van der Waals surface area contributed by atoms with E-state index < -0.39 is 0 Å². The maximum absolute atomic E-state index is 13.0. The van der Waals surface area contributed by atoms with E-state index in [1.807, 2.05) is 36.4 Å². The first kappa shape index (κ1) is 19.5. The van der Waals surface area contributed by atoms with Gasteiger partial charge in [0.15, 0.2) is 5.17 Å². The van der Waals surface area contributed by atoms with Crippen LogP contribution in [0.4, 0.5) is 5.69 Å². The molecule has 0 radical (unpaired) electrons. The molecule has 3 rings (SSSR count). The first-order chi connectivity index (χ1) is 13.0. The molecule has 27 heavy (non-hydrogen) atoms. The van der Waals surface area contributed by atoms with E-state index in [1.165, 1.54) is 11.8 Å². The molecule has 1 heterocycles. The number of para-hydroxylation sites is 1. The fourth-order valence-electron chi connectivity index (χ4n) is 2.69. The average molecular weight is 401 g/mol. The molecule has 0 aliphatic carbocycles. The Hall–Kier alpha value is -2.24. The van der Waals surface area contributed by atoms with E-state index in [0.29, 0.717) is 33.3 Å². The maximum atomic E-state index is 13.0. The highest BCUT2D eigenvalue weighted by Crippen LogP contribution is 2.36. The summed E-state index contributed by atoms with van der Waals surface area (Å²) in [6.07, 6.45) is 1.82. The Morgan fingerprint density at radius 1 is 1.22 bits per heavy atom. The number of halogens is 1. The third-order valence-corrected chi connectivity index (χ3v) is 5.14. The highest BCUT2D eigenvalue weighted by molar-refractivity contribution is 8.18. The van der Waals surface area contributed by atoms with Crippen molar-refractivity contribution in [1.29, 1.82) is 0 Å². The lowest BCUT2D eigenvalue weighted by atomic mass is 10.1. The zero-order valence-corrected chi connectivity index (χ0v) is 17.1. The molecule has 0 spiro atoms. The molecular formula is C21H21ClN2O2S. The SMILES string of the molecule is COc1ccc(Cl)cc1/C=C1/SC(=Nc2ccccc2)N(CC(C)C)C1=O. The molecule has 140 valence electrons. The van der Waals surface area contributed by atoms with Crippen molar-refractivity contribution >= 4 is 46.2 Å². The molecule has 0 aromatic heterocycles. The molecule has 1 fully saturated rings. The van der Waals surface area contributed by atoms with Crippen molar-refractivity contribution in [3.8, 4) is 5.75 Å². The van der Waals surface area contributed by atoms with Crippen molar-refractivity contribution in [2.24, 2.45) is 10.9 Å². The summed E-state index contributed by atoms with van der Waals surface area (Å²) in [5.41, 5.74) is 1.59. The summed E-state index contributed by atoms with van der Waals surface area (Å²) in [4.78, 5) is 20.0. The van der Waals surface area contributed by atoms with Gasteiger partial charge in [-0.05, 0) is 54.1 Å². The van der Waals surface area contributed by atoms with E-state index in [1.54, 1.807) is 30.2 Å². The Balaban J connectivity index is 2.00. The quantitative estimate of drug-likeness (QED) is 0.612. The van der Waals surface area contributed by atoms with Gasteiger partial charge in [0, 0.05) is 17.1 Å². The molecule has 1 aliphatic rings. The van der Waals surface area contributed by atoms with Crippen LogP contribution in [0.2, 0.25) is 5.02 Å². The topological polar surface area (TPSA) is 41.9 Å². The third kappa shape index (κ3) is 4.73. The number of ether oxygens (including phenoxy) is 1. The van der Waals surface area contributed by atoms with Crippen molar-refractivity contribution < 1.29 is 9.53 Å². The Labute approximate surface area is 168 Å². The number of aliphatic imine (C=N–C) groups is 1. The fraction of sp³-hybridized carbons (Fsp3) is 0.238. The molecule has 0 unspecified atom stereocenters. The normalized spacial score (nSPS) is 17.4.